The van der Waals surface area contributed by atoms with Crippen LogP contribution in [-0.4, -0.2) is 0 Å². The summed E-state index contributed by atoms with van der Waals surface area (Å²) >= 11 is 0. The van der Waals surface area contributed by atoms with Crippen molar-refractivity contribution in [1.29, 1.82) is 0 Å². The molecule has 0 N–H and O–H groups in total. The molecule has 2 unspecified atom stereocenters. The average molecular weight is 333 g/mol. The lowest BCUT2D eigenvalue weighted by Gasteiger charge is -2.46. The average Bonchev–Trinajstić information content (AvgIpc) is 2.67. The van der Waals surface area contributed by atoms with Crippen molar-refractivity contribution >= 4 is 12.2 Å². The minimum atomic E-state index is -0.129. The first-order valence-corrected chi connectivity index (χ1v) is 9.46. The molecule has 1 aromatic heterocycles. The number of hydrogen-bond acceptors (Lipinski definition) is 0. The van der Waals surface area contributed by atoms with Crippen LogP contribution in [0.15, 0.2) is 49.2 Å². The van der Waals surface area contributed by atoms with Crippen LogP contribution in [-0.2, 0) is 11.0 Å². The highest BCUT2D eigenvalue weighted by Crippen LogP contribution is 2.49. The number of fused-ring (bicyclic) bond motifs is 3. The first-order valence-electron chi connectivity index (χ1n) is 9.46. The predicted molar refractivity (Wildman–Crippen MR) is 108 cm³/mol. The van der Waals surface area contributed by atoms with E-state index in [1.54, 1.807) is 0 Å². The molecule has 2 aromatic rings. The summed E-state index contributed by atoms with van der Waals surface area (Å²) in [5, 5.41) is 2.60. The molecule has 0 saturated heterocycles. The van der Waals surface area contributed by atoms with E-state index in [1.165, 1.54) is 27.3 Å². The van der Waals surface area contributed by atoms with Gasteiger partial charge in [0.15, 0.2) is 11.7 Å². The Bertz CT molecular complexity index is 937. The van der Waals surface area contributed by atoms with Gasteiger partial charge < -0.3 is 0 Å². The van der Waals surface area contributed by atoms with Crippen LogP contribution in [0.4, 0.5) is 0 Å². The third-order valence-corrected chi connectivity index (χ3v) is 6.56. The van der Waals surface area contributed by atoms with E-state index in [1.807, 2.05) is 0 Å². The second-order valence-electron chi connectivity index (χ2n) is 7.19. The lowest BCUT2D eigenvalue weighted by molar-refractivity contribution is -0.756. The Hall–Kier alpha value is -2.15. The summed E-state index contributed by atoms with van der Waals surface area (Å²) in [6.45, 7) is 15.6. The molecule has 2 heterocycles. The molecule has 1 aromatic carbocycles. The number of aromatic nitrogens is 1. The zero-order chi connectivity index (χ0) is 18.2. The highest BCUT2D eigenvalue weighted by molar-refractivity contribution is 5.67. The zero-order valence-electron chi connectivity index (χ0n) is 16.3. The highest BCUT2D eigenvalue weighted by atomic mass is 15.1. The van der Waals surface area contributed by atoms with Crippen molar-refractivity contribution in [3.05, 3.63) is 65.2 Å². The summed E-state index contributed by atoms with van der Waals surface area (Å²) in [5.74, 6) is 0. The maximum absolute atomic E-state index is 4.30. The normalized spacial score (nSPS) is 26.3. The number of rotatable bonds is 3. The molecule has 1 aliphatic rings. The summed E-state index contributed by atoms with van der Waals surface area (Å²) in [4.78, 5) is 0. The van der Waals surface area contributed by atoms with Crippen molar-refractivity contribution in [3.63, 3.8) is 0 Å². The van der Waals surface area contributed by atoms with Crippen molar-refractivity contribution in [2.45, 2.75) is 58.4 Å². The molecule has 1 aliphatic heterocycles. The summed E-state index contributed by atoms with van der Waals surface area (Å²) < 4.78 is 2.49. The van der Waals surface area contributed by atoms with Crippen LogP contribution >= 0.6 is 0 Å². The Morgan fingerprint density at radius 2 is 1.76 bits per heavy atom. The van der Waals surface area contributed by atoms with Gasteiger partial charge in [-0.3, -0.25) is 0 Å². The van der Waals surface area contributed by atoms with E-state index in [-0.39, 0.29) is 11.0 Å². The maximum atomic E-state index is 4.30. The number of allylic oxidation sites excluding steroid dienone is 1. The Morgan fingerprint density at radius 3 is 2.32 bits per heavy atom. The molecule has 0 spiro atoms. The van der Waals surface area contributed by atoms with Crippen LogP contribution in [0.25, 0.3) is 23.4 Å². The van der Waals surface area contributed by atoms with Gasteiger partial charge in [0.05, 0.1) is 11.0 Å². The van der Waals surface area contributed by atoms with Crippen LogP contribution < -0.4 is 15.0 Å². The monoisotopic (exact) mass is 332 g/mol. The fourth-order valence-electron chi connectivity index (χ4n) is 4.94. The fourth-order valence-corrected chi connectivity index (χ4v) is 4.94. The van der Waals surface area contributed by atoms with Crippen molar-refractivity contribution in [1.82, 2.24) is 0 Å². The molecule has 25 heavy (non-hydrogen) atoms. The molecule has 130 valence electrons. The van der Waals surface area contributed by atoms with Gasteiger partial charge >= 0.3 is 0 Å². The van der Waals surface area contributed by atoms with Crippen LogP contribution in [0.3, 0.4) is 0 Å². The standard InChI is InChI=1S/C24H30N/c1-7-18-16-17-25-22(19(18)8-2)20-14-12-13-15-21(20)23(6,9-3)24(25,10-4)11-5/h7-8,10,12-17H,4,9,11H2,1-3,5-6H3/q+1. The minimum absolute atomic E-state index is 0.0141. The topological polar surface area (TPSA) is 3.88 Å². The van der Waals surface area contributed by atoms with Crippen LogP contribution in [0.2, 0.25) is 0 Å². The van der Waals surface area contributed by atoms with Crippen molar-refractivity contribution in [2.24, 2.45) is 0 Å². The summed E-state index contributed by atoms with van der Waals surface area (Å²) in [7, 11) is 0. The third kappa shape index (κ3) is 2.11. The Labute approximate surface area is 152 Å². The van der Waals surface area contributed by atoms with E-state index in [0.29, 0.717) is 0 Å². The molecule has 0 aliphatic carbocycles. The van der Waals surface area contributed by atoms with Gasteiger partial charge in [0, 0.05) is 17.7 Å². The van der Waals surface area contributed by atoms with Crippen LogP contribution in [0.5, 0.6) is 0 Å². The lowest BCUT2D eigenvalue weighted by Crippen LogP contribution is -2.70. The number of hydrogen-bond donors (Lipinski definition) is 0. The van der Waals surface area contributed by atoms with E-state index < -0.39 is 0 Å². The number of pyridine rings is 1. The highest BCUT2D eigenvalue weighted by Gasteiger charge is 2.57. The van der Waals surface area contributed by atoms with E-state index in [9.17, 15) is 0 Å². The van der Waals surface area contributed by atoms with E-state index in [2.05, 4.69) is 101 Å². The van der Waals surface area contributed by atoms with E-state index >= 15 is 0 Å². The van der Waals surface area contributed by atoms with Gasteiger partial charge in [0.2, 0.25) is 5.69 Å². The van der Waals surface area contributed by atoms with Crippen molar-refractivity contribution < 1.29 is 4.57 Å². The quantitative estimate of drug-likeness (QED) is 0.585. The Balaban J connectivity index is 2.62. The third-order valence-electron chi connectivity index (χ3n) is 6.56. The molecule has 0 saturated carbocycles. The molecule has 0 amide bonds. The Kier molecular flexibility index (Phi) is 4.45. The maximum Gasteiger partial charge on any atom is 0.221 e. The molecule has 0 bridgehead atoms. The molecule has 0 radical (unpaired) electrons. The molecule has 1 heteroatoms. The number of benzene rings is 1. The van der Waals surface area contributed by atoms with Gasteiger partial charge in [-0.05, 0) is 50.1 Å². The van der Waals surface area contributed by atoms with E-state index in [0.717, 1.165) is 12.8 Å². The molecular formula is C24H30N+. The molecule has 1 nitrogen and oxygen atoms in total. The van der Waals surface area contributed by atoms with Crippen LogP contribution in [0, 0.1) is 0 Å². The fraction of sp³-hybridized carbons (Fsp3) is 0.375. The van der Waals surface area contributed by atoms with Gasteiger partial charge in [-0.1, -0.05) is 50.8 Å². The van der Waals surface area contributed by atoms with Crippen molar-refractivity contribution in [2.75, 3.05) is 0 Å². The van der Waals surface area contributed by atoms with Gasteiger partial charge in [0.25, 0.3) is 0 Å². The molecule has 2 atom stereocenters. The minimum Gasteiger partial charge on any atom is -0.188 e. The second kappa shape index (κ2) is 6.29. The van der Waals surface area contributed by atoms with E-state index in [4.69, 9.17) is 0 Å². The van der Waals surface area contributed by atoms with Gasteiger partial charge in [0.1, 0.15) is 0 Å². The Morgan fingerprint density at radius 1 is 1.04 bits per heavy atom. The van der Waals surface area contributed by atoms with Crippen molar-refractivity contribution in [3.8, 4) is 11.3 Å². The van der Waals surface area contributed by atoms with Crippen LogP contribution in [0.1, 0.15) is 53.0 Å². The smallest absolute Gasteiger partial charge is 0.188 e. The lowest BCUT2D eigenvalue weighted by atomic mass is 9.60. The zero-order valence-corrected chi connectivity index (χ0v) is 16.3. The molecular weight excluding hydrogens is 302 g/mol. The largest absolute Gasteiger partial charge is 0.221 e. The predicted octanol–water partition coefficient (Wildman–Crippen LogP) is 4.21. The number of nitrogens with zero attached hydrogens (tertiary/aromatic N) is 1. The molecule has 3 rings (SSSR count). The van der Waals surface area contributed by atoms with Gasteiger partial charge in [-0.2, -0.15) is 4.57 Å². The first kappa shape index (κ1) is 17.7. The first-order chi connectivity index (χ1) is 12.0. The summed E-state index contributed by atoms with van der Waals surface area (Å²) in [5.41, 5.74) is 4.00. The summed E-state index contributed by atoms with van der Waals surface area (Å²) in [6, 6.07) is 11.2. The van der Waals surface area contributed by atoms with Gasteiger partial charge in [-0.25, -0.2) is 0 Å². The van der Waals surface area contributed by atoms with Gasteiger partial charge in [-0.15, -0.1) is 0 Å². The SMILES string of the molecule is C=CC1(CC)[n+]2ccc(=CC)c(=CC)c2-c2ccccc2C1(C)CC. The molecule has 0 fully saturated rings. The second-order valence-corrected chi connectivity index (χ2v) is 7.19. The summed E-state index contributed by atoms with van der Waals surface area (Å²) in [6.07, 6.45) is 11.0.